The Labute approximate surface area is 118 Å². The lowest BCUT2D eigenvalue weighted by Crippen LogP contribution is -2.25. The van der Waals surface area contributed by atoms with Crippen LogP contribution in [0.5, 0.6) is 0 Å². The minimum absolute atomic E-state index is 0.591. The molecular weight excluding hydrogens is 254 g/mol. The van der Waals surface area contributed by atoms with E-state index >= 15 is 0 Å². The Morgan fingerprint density at radius 2 is 2.05 bits per heavy atom. The molecule has 5 nitrogen and oxygen atoms in total. The molecule has 0 unspecified atom stereocenters. The van der Waals surface area contributed by atoms with Crippen molar-refractivity contribution in [3.05, 3.63) is 41.6 Å². The van der Waals surface area contributed by atoms with E-state index < -0.39 is 0 Å². The summed E-state index contributed by atoms with van der Waals surface area (Å²) < 4.78 is 6.90. The van der Waals surface area contributed by atoms with Gasteiger partial charge in [-0.15, -0.1) is 0 Å². The Hall–Kier alpha value is -2.14. The number of carbonyl (C=O) groups excluding carboxylic acids is 1. The maximum atomic E-state index is 11.4. The first-order valence-corrected chi connectivity index (χ1v) is 6.49. The molecule has 5 heteroatoms. The summed E-state index contributed by atoms with van der Waals surface area (Å²) in [4.78, 5) is 13.3. The molecule has 0 bridgehead atoms. The maximum absolute atomic E-state index is 11.4. The van der Waals surface area contributed by atoms with Gasteiger partial charge in [0.1, 0.15) is 5.82 Å². The summed E-state index contributed by atoms with van der Waals surface area (Å²) >= 11 is 0. The van der Waals surface area contributed by atoms with Crippen LogP contribution in [0.1, 0.15) is 16.1 Å². The van der Waals surface area contributed by atoms with Crippen LogP contribution in [0.4, 0.5) is 5.82 Å². The monoisotopic (exact) mass is 273 g/mol. The summed E-state index contributed by atoms with van der Waals surface area (Å²) in [5, 5.41) is 4.48. The van der Waals surface area contributed by atoms with Crippen molar-refractivity contribution in [2.24, 2.45) is 0 Å². The van der Waals surface area contributed by atoms with Gasteiger partial charge in [0.25, 0.3) is 0 Å². The molecule has 0 N–H and O–H groups in total. The molecule has 2 rings (SSSR count). The number of likely N-dealkylation sites (N-methyl/N-ethyl adjacent to an activating group) is 1. The molecule has 0 fully saturated rings. The number of carbonyl (C=O) groups is 1. The summed E-state index contributed by atoms with van der Waals surface area (Å²) in [6, 6.07) is 9.79. The van der Waals surface area contributed by atoms with E-state index in [2.05, 4.69) is 5.10 Å². The van der Waals surface area contributed by atoms with Crippen LogP contribution in [0.3, 0.4) is 0 Å². The number of anilines is 1. The van der Waals surface area contributed by atoms with Crippen LogP contribution in [0.2, 0.25) is 0 Å². The zero-order valence-electron chi connectivity index (χ0n) is 12.0. The van der Waals surface area contributed by atoms with Crippen LogP contribution in [0.15, 0.2) is 30.3 Å². The van der Waals surface area contributed by atoms with Crippen molar-refractivity contribution in [1.29, 1.82) is 0 Å². The first kappa shape index (κ1) is 14.3. The number of methoxy groups -OCH3 is 1. The van der Waals surface area contributed by atoms with Crippen molar-refractivity contribution in [3.63, 3.8) is 0 Å². The molecule has 20 heavy (non-hydrogen) atoms. The lowest BCUT2D eigenvalue weighted by atomic mass is 10.2. The lowest BCUT2D eigenvalue weighted by Gasteiger charge is -2.20. The zero-order valence-corrected chi connectivity index (χ0v) is 12.0. The predicted molar refractivity (Wildman–Crippen MR) is 78.8 cm³/mol. The van der Waals surface area contributed by atoms with Gasteiger partial charge >= 0.3 is 0 Å². The molecule has 0 saturated carbocycles. The molecule has 0 radical (unpaired) electrons. The Bertz CT molecular complexity index is 578. The number of benzene rings is 1. The molecule has 0 aliphatic carbocycles. The number of ether oxygens (including phenoxy) is 1. The SMILES string of the molecule is COCCN(C)c1c(C=O)c(C)nn1-c1ccccc1. The molecule has 0 saturated heterocycles. The van der Waals surface area contributed by atoms with Crippen molar-refractivity contribution in [1.82, 2.24) is 9.78 Å². The lowest BCUT2D eigenvalue weighted by molar-refractivity contribution is 0.112. The average Bonchev–Trinajstić information content (AvgIpc) is 2.82. The number of hydrogen-bond acceptors (Lipinski definition) is 4. The van der Waals surface area contributed by atoms with Gasteiger partial charge in [-0.05, 0) is 19.1 Å². The standard InChI is InChI=1S/C15H19N3O2/c1-12-14(11-19)15(17(2)9-10-20-3)18(16-12)13-7-5-4-6-8-13/h4-8,11H,9-10H2,1-3H3. The molecule has 0 aliphatic rings. The van der Waals surface area contributed by atoms with Gasteiger partial charge in [0, 0.05) is 20.7 Å². The molecule has 0 spiro atoms. The van der Waals surface area contributed by atoms with Gasteiger partial charge in [0.2, 0.25) is 0 Å². The second-order valence-corrected chi connectivity index (χ2v) is 4.60. The summed E-state index contributed by atoms with van der Waals surface area (Å²) in [5.41, 5.74) is 2.28. The van der Waals surface area contributed by atoms with E-state index in [1.165, 1.54) is 0 Å². The van der Waals surface area contributed by atoms with E-state index in [0.717, 1.165) is 23.5 Å². The number of rotatable bonds is 6. The third-order valence-electron chi connectivity index (χ3n) is 3.19. The number of aromatic nitrogens is 2. The minimum Gasteiger partial charge on any atom is -0.383 e. The van der Waals surface area contributed by atoms with E-state index in [1.54, 1.807) is 11.8 Å². The van der Waals surface area contributed by atoms with Crippen LogP contribution >= 0.6 is 0 Å². The fourth-order valence-corrected chi connectivity index (χ4v) is 2.12. The summed E-state index contributed by atoms with van der Waals surface area (Å²) in [7, 11) is 3.59. The Morgan fingerprint density at radius 1 is 1.35 bits per heavy atom. The number of nitrogens with zero attached hydrogens (tertiary/aromatic N) is 3. The number of aldehydes is 1. The highest BCUT2D eigenvalue weighted by molar-refractivity contribution is 5.85. The highest BCUT2D eigenvalue weighted by Crippen LogP contribution is 2.25. The number of para-hydroxylation sites is 1. The van der Waals surface area contributed by atoms with E-state index in [0.29, 0.717) is 18.7 Å². The van der Waals surface area contributed by atoms with Crippen molar-refractivity contribution < 1.29 is 9.53 Å². The first-order chi connectivity index (χ1) is 9.69. The van der Waals surface area contributed by atoms with Crippen molar-refractivity contribution in [3.8, 4) is 5.69 Å². The molecule has 1 heterocycles. The molecule has 0 aliphatic heterocycles. The van der Waals surface area contributed by atoms with Crippen LogP contribution in [-0.2, 0) is 4.74 Å². The molecule has 0 amide bonds. The van der Waals surface area contributed by atoms with Gasteiger partial charge < -0.3 is 9.64 Å². The van der Waals surface area contributed by atoms with Crippen LogP contribution in [-0.4, -0.2) is 43.4 Å². The number of hydrogen-bond donors (Lipinski definition) is 0. The van der Waals surface area contributed by atoms with Crippen LogP contribution < -0.4 is 4.90 Å². The first-order valence-electron chi connectivity index (χ1n) is 6.49. The van der Waals surface area contributed by atoms with Gasteiger partial charge in [-0.2, -0.15) is 5.10 Å². The van der Waals surface area contributed by atoms with E-state index in [4.69, 9.17) is 4.74 Å². The fraction of sp³-hybridized carbons (Fsp3) is 0.333. The average molecular weight is 273 g/mol. The smallest absolute Gasteiger partial charge is 0.155 e. The largest absolute Gasteiger partial charge is 0.383 e. The van der Waals surface area contributed by atoms with E-state index in [1.807, 2.05) is 49.2 Å². The Morgan fingerprint density at radius 3 is 2.65 bits per heavy atom. The highest BCUT2D eigenvalue weighted by atomic mass is 16.5. The van der Waals surface area contributed by atoms with Crippen molar-refractivity contribution >= 4 is 12.1 Å². The van der Waals surface area contributed by atoms with Gasteiger partial charge in [0.05, 0.1) is 23.6 Å². The third-order valence-corrected chi connectivity index (χ3v) is 3.19. The Kier molecular flexibility index (Phi) is 4.53. The molecule has 1 aromatic carbocycles. The molecule has 2 aromatic rings. The molecule has 106 valence electrons. The van der Waals surface area contributed by atoms with Crippen LogP contribution in [0.25, 0.3) is 5.69 Å². The minimum atomic E-state index is 0.591. The van der Waals surface area contributed by atoms with E-state index in [-0.39, 0.29) is 0 Å². The topological polar surface area (TPSA) is 47.4 Å². The summed E-state index contributed by atoms with van der Waals surface area (Å²) in [5.74, 6) is 0.792. The van der Waals surface area contributed by atoms with Crippen molar-refractivity contribution in [2.75, 3.05) is 32.2 Å². The second-order valence-electron chi connectivity index (χ2n) is 4.60. The zero-order chi connectivity index (χ0) is 14.5. The van der Waals surface area contributed by atoms with Gasteiger partial charge in [-0.25, -0.2) is 4.68 Å². The second kappa shape index (κ2) is 6.34. The summed E-state index contributed by atoms with van der Waals surface area (Å²) in [6.45, 7) is 3.12. The van der Waals surface area contributed by atoms with Gasteiger partial charge in [-0.3, -0.25) is 4.79 Å². The fourth-order valence-electron chi connectivity index (χ4n) is 2.12. The van der Waals surface area contributed by atoms with Crippen LogP contribution in [0, 0.1) is 6.92 Å². The normalized spacial score (nSPS) is 10.6. The van der Waals surface area contributed by atoms with Gasteiger partial charge in [0.15, 0.2) is 6.29 Å². The molecular formula is C15H19N3O2. The van der Waals surface area contributed by atoms with E-state index in [9.17, 15) is 4.79 Å². The molecule has 1 aromatic heterocycles. The van der Waals surface area contributed by atoms with Crippen molar-refractivity contribution in [2.45, 2.75) is 6.92 Å². The highest BCUT2D eigenvalue weighted by Gasteiger charge is 2.19. The molecule has 0 atom stereocenters. The van der Waals surface area contributed by atoms with Gasteiger partial charge in [-0.1, -0.05) is 18.2 Å². The Balaban J connectivity index is 2.49. The number of aryl methyl sites for hydroxylation is 1. The maximum Gasteiger partial charge on any atom is 0.155 e. The predicted octanol–water partition coefficient (Wildman–Crippen LogP) is 2.08. The summed E-state index contributed by atoms with van der Waals surface area (Å²) in [6.07, 6.45) is 0.862. The quantitative estimate of drug-likeness (QED) is 0.756. The third kappa shape index (κ3) is 2.72.